The molecule has 0 aliphatic rings. The number of carbonyl (C=O) groups is 1. The third-order valence-corrected chi connectivity index (χ3v) is 3.40. The summed E-state index contributed by atoms with van der Waals surface area (Å²) < 4.78 is 0. The van der Waals surface area contributed by atoms with Crippen molar-refractivity contribution in [3.05, 3.63) is 64.9 Å². The lowest BCUT2D eigenvalue weighted by atomic mass is 9.79. The highest BCUT2D eigenvalue weighted by atomic mass is 35.5. The van der Waals surface area contributed by atoms with Gasteiger partial charge in [-0.25, -0.2) is 0 Å². The van der Waals surface area contributed by atoms with Gasteiger partial charge in [0.2, 0.25) is 0 Å². The Balaban J connectivity index is 2.37. The smallest absolute Gasteiger partial charge is 0.130 e. The van der Waals surface area contributed by atoms with Crippen molar-refractivity contribution in [1.82, 2.24) is 4.98 Å². The third-order valence-electron chi connectivity index (χ3n) is 3.07. The monoisotopic (exact) mass is 259 g/mol. The Morgan fingerprint density at radius 2 is 1.89 bits per heavy atom. The zero-order valence-electron chi connectivity index (χ0n) is 10.1. The van der Waals surface area contributed by atoms with Crippen LogP contribution >= 0.6 is 11.6 Å². The van der Waals surface area contributed by atoms with Crippen molar-refractivity contribution in [2.24, 2.45) is 0 Å². The largest absolute Gasteiger partial charge is 0.302 e. The average Bonchev–Trinajstić information content (AvgIpc) is 2.40. The van der Waals surface area contributed by atoms with E-state index in [2.05, 4.69) is 4.98 Å². The summed E-state index contributed by atoms with van der Waals surface area (Å²) in [5, 5.41) is 0.626. The van der Waals surface area contributed by atoms with Crippen molar-refractivity contribution >= 4 is 17.9 Å². The second-order valence-electron chi connectivity index (χ2n) is 4.55. The number of carbonyl (C=O) groups excluding carboxylic acids is 1. The topological polar surface area (TPSA) is 30.0 Å². The highest BCUT2D eigenvalue weighted by Crippen LogP contribution is 2.31. The Labute approximate surface area is 112 Å². The van der Waals surface area contributed by atoms with Gasteiger partial charge in [0.15, 0.2) is 0 Å². The van der Waals surface area contributed by atoms with Gasteiger partial charge in [-0.3, -0.25) is 4.98 Å². The number of halogens is 1. The Bertz CT molecular complexity index is 541. The molecule has 3 heteroatoms. The molecular formula is C15H14ClNO. The normalized spacial score (nSPS) is 13.9. The van der Waals surface area contributed by atoms with E-state index < -0.39 is 5.41 Å². The quantitative estimate of drug-likeness (QED) is 0.788. The van der Waals surface area contributed by atoms with Gasteiger partial charge >= 0.3 is 0 Å². The van der Waals surface area contributed by atoms with Crippen LogP contribution in [0, 0.1) is 0 Å². The number of rotatable bonds is 4. The van der Waals surface area contributed by atoms with Gasteiger partial charge in [0.05, 0.1) is 5.41 Å². The molecule has 0 radical (unpaired) electrons. The van der Waals surface area contributed by atoms with Crippen molar-refractivity contribution in [1.29, 1.82) is 0 Å². The van der Waals surface area contributed by atoms with E-state index >= 15 is 0 Å². The molecule has 0 aliphatic heterocycles. The molecule has 0 saturated heterocycles. The number of aldehydes is 1. The van der Waals surface area contributed by atoms with E-state index in [4.69, 9.17) is 11.6 Å². The van der Waals surface area contributed by atoms with E-state index in [9.17, 15) is 4.79 Å². The summed E-state index contributed by atoms with van der Waals surface area (Å²) in [5.41, 5.74) is 1.32. The SMILES string of the molecule is CC(C=O)(Cc1ccncc1)c1ccccc1Cl. The molecule has 0 amide bonds. The van der Waals surface area contributed by atoms with Crippen molar-refractivity contribution in [2.75, 3.05) is 0 Å². The van der Waals surface area contributed by atoms with Crippen LogP contribution in [0.5, 0.6) is 0 Å². The molecule has 0 fully saturated rings. The van der Waals surface area contributed by atoms with Crippen molar-refractivity contribution in [3.8, 4) is 0 Å². The first kappa shape index (κ1) is 12.8. The molecule has 0 aliphatic carbocycles. The van der Waals surface area contributed by atoms with Crippen LogP contribution in [-0.4, -0.2) is 11.3 Å². The summed E-state index contributed by atoms with van der Waals surface area (Å²) in [6.45, 7) is 1.90. The molecule has 0 bridgehead atoms. The summed E-state index contributed by atoms with van der Waals surface area (Å²) in [6.07, 6.45) is 5.04. The van der Waals surface area contributed by atoms with Gasteiger partial charge in [-0.2, -0.15) is 0 Å². The summed E-state index contributed by atoms with van der Waals surface area (Å²) >= 11 is 6.18. The molecule has 2 aromatic rings. The minimum absolute atomic E-state index is 0.611. The van der Waals surface area contributed by atoms with Crippen LogP contribution in [0.15, 0.2) is 48.8 Å². The van der Waals surface area contributed by atoms with E-state index in [0.29, 0.717) is 11.4 Å². The third kappa shape index (κ3) is 2.59. The van der Waals surface area contributed by atoms with Crippen LogP contribution in [-0.2, 0) is 16.6 Å². The van der Waals surface area contributed by atoms with Crippen molar-refractivity contribution in [2.45, 2.75) is 18.8 Å². The fourth-order valence-electron chi connectivity index (χ4n) is 2.05. The zero-order valence-corrected chi connectivity index (χ0v) is 10.9. The van der Waals surface area contributed by atoms with Gasteiger partial charge in [0.25, 0.3) is 0 Å². The first-order chi connectivity index (χ1) is 8.65. The van der Waals surface area contributed by atoms with Crippen LogP contribution in [0.25, 0.3) is 0 Å². The summed E-state index contributed by atoms with van der Waals surface area (Å²) in [6, 6.07) is 11.3. The highest BCUT2D eigenvalue weighted by molar-refractivity contribution is 6.31. The Morgan fingerprint density at radius 1 is 1.22 bits per heavy atom. The van der Waals surface area contributed by atoms with E-state index in [1.165, 1.54) is 0 Å². The summed E-state index contributed by atoms with van der Waals surface area (Å²) in [7, 11) is 0. The van der Waals surface area contributed by atoms with E-state index in [0.717, 1.165) is 17.4 Å². The van der Waals surface area contributed by atoms with Crippen LogP contribution in [0.1, 0.15) is 18.1 Å². The Kier molecular flexibility index (Phi) is 3.78. The van der Waals surface area contributed by atoms with Gasteiger partial charge in [-0.1, -0.05) is 29.8 Å². The number of hydrogen-bond donors (Lipinski definition) is 0. The Morgan fingerprint density at radius 3 is 2.50 bits per heavy atom. The molecule has 1 unspecified atom stereocenters. The van der Waals surface area contributed by atoms with E-state index in [-0.39, 0.29) is 0 Å². The number of benzene rings is 1. The second kappa shape index (κ2) is 5.32. The summed E-state index contributed by atoms with van der Waals surface area (Å²) in [4.78, 5) is 15.5. The molecule has 1 atom stereocenters. The predicted octanol–water partition coefficient (Wildman–Crippen LogP) is 3.43. The number of hydrogen-bond acceptors (Lipinski definition) is 2. The van der Waals surface area contributed by atoms with Gasteiger partial charge in [0, 0.05) is 17.4 Å². The number of pyridine rings is 1. The summed E-state index contributed by atoms with van der Waals surface area (Å²) in [5.74, 6) is 0. The lowest BCUT2D eigenvalue weighted by Crippen LogP contribution is -2.27. The average molecular weight is 260 g/mol. The van der Waals surface area contributed by atoms with Crippen molar-refractivity contribution < 1.29 is 4.79 Å². The van der Waals surface area contributed by atoms with Crippen LogP contribution in [0.2, 0.25) is 5.02 Å². The van der Waals surface area contributed by atoms with Gasteiger partial charge in [-0.15, -0.1) is 0 Å². The second-order valence-corrected chi connectivity index (χ2v) is 4.95. The molecule has 0 saturated carbocycles. The molecule has 0 N–H and O–H groups in total. The molecule has 0 spiro atoms. The molecule has 2 nitrogen and oxygen atoms in total. The minimum atomic E-state index is -0.611. The fourth-order valence-corrected chi connectivity index (χ4v) is 2.40. The number of aromatic nitrogens is 1. The van der Waals surface area contributed by atoms with Gasteiger partial charge < -0.3 is 4.79 Å². The molecular weight excluding hydrogens is 246 g/mol. The molecule has 2 rings (SSSR count). The predicted molar refractivity (Wildman–Crippen MR) is 72.8 cm³/mol. The Hall–Kier alpha value is -1.67. The first-order valence-corrected chi connectivity index (χ1v) is 6.14. The van der Waals surface area contributed by atoms with Crippen molar-refractivity contribution in [3.63, 3.8) is 0 Å². The molecule has 1 heterocycles. The molecule has 1 aromatic carbocycles. The lowest BCUT2D eigenvalue weighted by molar-refractivity contribution is -0.112. The van der Waals surface area contributed by atoms with Gasteiger partial charge in [0.1, 0.15) is 6.29 Å². The maximum atomic E-state index is 11.5. The highest BCUT2D eigenvalue weighted by Gasteiger charge is 2.28. The molecule has 1 aromatic heterocycles. The maximum absolute atomic E-state index is 11.5. The van der Waals surface area contributed by atoms with Crippen LogP contribution in [0.4, 0.5) is 0 Å². The number of nitrogens with zero attached hydrogens (tertiary/aromatic N) is 1. The van der Waals surface area contributed by atoms with Crippen LogP contribution < -0.4 is 0 Å². The molecule has 92 valence electrons. The van der Waals surface area contributed by atoms with E-state index in [1.807, 2.05) is 43.3 Å². The minimum Gasteiger partial charge on any atom is -0.302 e. The molecule has 18 heavy (non-hydrogen) atoms. The van der Waals surface area contributed by atoms with E-state index in [1.54, 1.807) is 12.4 Å². The van der Waals surface area contributed by atoms with Gasteiger partial charge in [-0.05, 0) is 42.7 Å². The standard InChI is InChI=1S/C15H14ClNO/c1-15(11-18,10-12-6-8-17-9-7-12)13-4-2-3-5-14(13)16/h2-9,11H,10H2,1H3. The first-order valence-electron chi connectivity index (χ1n) is 5.76. The zero-order chi connectivity index (χ0) is 13.0. The maximum Gasteiger partial charge on any atom is 0.130 e. The fraction of sp³-hybridized carbons (Fsp3) is 0.200. The lowest BCUT2D eigenvalue weighted by Gasteiger charge is -2.24. The van der Waals surface area contributed by atoms with Crippen LogP contribution in [0.3, 0.4) is 0 Å².